The first-order valence-corrected chi connectivity index (χ1v) is 9.04. The molecular formula is C13H11Cl2NO3S2. The summed E-state index contributed by atoms with van der Waals surface area (Å²) >= 11 is 9.63. The van der Waals surface area contributed by atoms with Gasteiger partial charge >= 0.3 is 0 Å². The molecule has 2 aromatic rings. The molecule has 1 unspecified atom stereocenters. The van der Waals surface area contributed by atoms with Crippen molar-refractivity contribution < 1.29 is 13.0 Å². The van der Waals surface area contributed by atoms with Crippen molar-refractivity contribution in [1.82, 2.24) is 3.71 Å². The summed E-state index contributed by atoms with van der Waals surface area (Å²) in [5.74, 6) is 0. The zero-order chi connectivity index (χ0) is 15.6. The second kappa shape index (κ2) is 6.56. The van der Waals surface area contributed by atoms with Gasteiger partial charge in [-0.1, -0.05) is 23.2 Å². The number of benzene rings is 2. The van der Waals surface area contributed by atoms with Crippen LogP contribution in [0.25, 0.3) is 0 Å². The molecule has 0 saturated heterocycles. The quantitative estimate of drug-likeness (QED) is 0.782. The fourth-order valence-electron chi connectivity index (χ4n) is 1.54. The Bertz CT molecular complexity index is 718. The smallest absolute Gasteiger partial charge is 0.282 e. The van der Waals surface area contributed by atoms with Crippen molar-refractivity contribution in [1.29, 1.82) is 0 Å². The van der Waals surface area contributed by atoms with Gasteiger partial charge in [-0.3, -0.25) is 0 Å². The Kier molecular flexibility index (Phi) is 5.19. The Morgan fingerprint density at radius 3 is 1.86 bits per heavy atom. The highest BCUT2D eigenvalue weighted by molar-refractivity contribution is 8.04. The second-order valence-electron chi connectivity index (χ2n) is 4.07. The zero-order valence-corrected chi connectivity index (χ0v) is 14.0. The fourth-order valence-corrected chi connectivity index (χ4v) is 4.47. The third-order valence-corrected chi connectivity index (χ3v) is 6.88. The summed E-state index contributed by atoms with van der Waals surface area (Å²) in [4.78, 5) is 0.371. The topological polar surface area (TPSA) is 60.4 Å². The Morgan fingerprint density at radius 2 is 1.38 bits per heavy atom. The van der Waals surface area contributed by atoms with E-state index in [0.29, 0.717) is 14.9 Å². The number of hydrogen-bond acceptors (Lipinski definition) is 3. The van der Waals surface area contributed by atoms with Gasteiger partial charge in [0, 0.05) is 10.0 Å². The Morgan fingerprint density at radius 1 is 0.952 bits per heavy atom. The first-order valence-electron chi connectivity index (χ1n) is 5.74. The van der Waals surface area contributed by atoms with Crippen LogP contribution < -0.4 is 0 Å². The van der Waals surface area contributed by atoms with Crippen LogP contribution in [0.5, 0.6) is 0 Å². The van der Waals surface area contributed by atoms with E-state index in [1.165, 1.54) is 43.4 Å². The van der Waals surface area contributed by atoms with Crippen LogP contribution in [-0.2, 0) is 21.4 Å². The molecule has 0 saturated carbocycles. The van der Waals surface area contributed by atoms with Gasteiger partial charge in [-0.05, 0) is 52.2 Å². The molecule has 0 aromatic heterocycles. The molecule has 0 N–H and O–H groups in total. The second-order valence-corrected chi connectivity index (χ2v) is 8.66. The molecule has 0 bridgehead atoms. The van der Waals surface area contributed by atoms with Gasteiger partial charge in [0.1, 0.15) is 0 Å². The highest BCUT2D eigenvalue weighted by Crippen LogP contribution is 2.24. The first kappa shape index (κ1) is 16.6. The van der Waals surface area contributed by atoms with Crippen molar-refractivity contribution in [2.45, 2.75) is 9.79 Å². The van der Waals surface area contributed by atoms with Gasteiger partial charge in [-0.15, -0.1) is 0 Å². The first-order chi connectivity index (χ1) is 9.82. The molecule has 0 spiro atoms. The van der Waals surface area contributed by atoms with E-state index in [1.54, 1.807) is 12.1 Å². The summed E-state index contributed by atoms with van der Waals surface area (Å²) in [7, 11) is -2.61. The fraction of sp³-hybridized carbons (Fsp3) is 0.0769. The van der Waals surface area contributed by atoms with Crippen LogP contribution in [-0.4, -0.2) is 23.7 Å². The molecule has 2 aromatic carbocycles. The van der Waals surface area contributed by atoms with Crippen LogP contribution in [0.3, 0.4) is 0 Å². The summed E-state index contributed by atoms with van der Waals surface area (Å²) in [6.07, 6.45) is 0. The van der Waals surface area contributed by atoms with E-state index in [2.05, 4.69) is 0 Å². The normalized spacial score (nSPS) is 13.4. The lowest BCUT2D eigenvalue weighted by Crippen LogP contribution is -2.33. The van der Waals surface area contributed by atoms with E-state index in [9.17, 15) is 13.0 Å². The highest BCUT2D eigenvalue weighted by atomic mass is 35.5. The number of nitrogens with zero attached hydrogens (tertiary/aromatic N) is 1. The van der Waals surface area contributed by atoms with Crippen LogP contribution in [0.15, 0.2) is 58.3 Å². The van der Waals surface area contributed by atoms with Gasteiger partial charge in [0.25, 0.3) is 10.0 Å². The lowest BCUT2D eigenvalue weighted by atomic mass is 10.4. The standard InChI is InChI=1S/C13H11Cl2NO3S2/c1-16(20(17)12-6-2-10(14)3-7-12)21(18,19)13-8-4-11(15)5-9-13/h2-9H,1H3. The van der Waals surface area contributed by atoms with E-state index in [-0.39, 0.29) is 4.90 Å². The van der Waals surface area contributed by atoms with Crippen LogP contribution >= 0.6 is 23.2 Å². The Balaban J connectivity index is 2.31. The molecule has 0 aliphatic heterocycles. The summed E-state index contributed by atoms with van der Waals surface area (Å²) < 4.78 is 37.9. The molecule has 1 atom stereocenters. The molecule has 4 nitrogen and oxygen atoms in total. The maximum atomic E-state index is 12.4. The molecule has 0 aliphatic rings. The monoisotopic (exact) mass is 363 g/mol. The Labute approximate surface area is 136 Å². The van der Waals surface area contributed by atoms with Crippen molar-refractivity contribution in [3.8, 4) is 0 Å². The van der Waals surface area contributed by atoms with Gasteiger partial charge in [-0.25, -0.2) is 8.42 Å². The molecule has 0 heterocycles. The highest BCUT2D eigenvalue weighted by Gasteiger charge is 2.32. The van der Waals surface area contributed by atoms with E-state index in [0.717, 1.165) is 3.71 Å². The maximum Gasteiger partial charge on any atom is 0.282 e. The molecule has 21 heavy (non-hydrogen) atoms. The van der Waals surface area contributed by atoms with Crippen LogP contribution in [0.1, 0.15) is 0 Å². The van der Waals surface area contributed by atoms with Gasteiger partial charge in [0.05, 0.1) is 23.3 Å². The van der Waals surface area contributed by atoms with Crippen LogP contribution in [0.4, 0.5) is 0 Å². The third-order valence-electron chi connectivity index (χ3n) is 2.70. The summed E-state index contributed by atoms with van der Waals surface area (Å²) in [5.41, 5.74) is 0. The number of sulfonamides is 1. The van der Waals surface area contributed by atoms with E-state index in [4.69, 9.17) is 23.2 Å². The summed E-state index contributed by atoms with van der Waals surface area (Å²) in [5, 5.41) is 0.911. The minimum absolute atomic E-state index is 0.0247. The number of halogens is 2. The van der Waals surface area contributed by atoms with E-state index >= 15 is 0 Å². The Hall–Kier alpha value is -0.760. The molecule has 0 fully saturated rings. The lowest BCUT2D eigenvalue weighted by molar-refractivity contribution is 0.525. The summed E-state index contributed by atoms with van der Waals surface area (Å²) in [6, 6.07) is 11.8. The molecule has 8 heteroatoms. The summed E-state index contributed by atoms with van der Waals surface area (Å²) in [6.45, 7) is 0. The number of rotatable bonds is 4. The SMILES string of the molecule is CN([S+]([O-])c1ccc(Cl)cc1)S(=O)(=O)c1ccc(Cl)cc1. The van der Waals surface area contributed by atoms with Crippen LogP contribution in [0.2, 0.25) is 10.0 Å². The van der Waals surface area contributed by atoms with Crippen LogP contribution in [0, 0.1) is 0 Å². The predicted octanol–water partition coefficient (Wildman–Crippen LogP) is 3.34. The van der Waals surface area contributed by atoms with Gasteiger partial charge in [0.15, 0.2) is 4.90 Å². The van der Waals surface area contributed by atoms with Crippen molar-refractivity contribution in [2.75, 3.05) is 7.05 Å². The average molecular weight is 364 g/mol. The van der Waals surface area contributed by atoms with Gasteiger partial charge in [0.2, 0.25) is 0 Å². The largest absolute Gasteiger partial charge is 0.592 e. The molecule has 0 radical (unpaired) electrons. The van der Waals surface area contributed by atoms with Gasteiger partial charge < -0.3 is 4.55 Å². The average Bonchev–Trinajstić information content (AvgIpc) is 2.47. The minimum atomic E-state index is -3.87. The zero-order valence-electron chi connectivity index (χ0n) is 10.9. The molecule has 0 amide bonds. The minimum Gasteiger partial charge on any atom is -0.592 e. The predicted molar refractivity (Wildman–Crippen MR) is 84.3 cm³/mol. The molecule has 112 valence electrons. The van der Waals surface area contributed by atoms with Crippen molar-refractivity contribution in [3.63, 3.8) is 0 Å². The third kappa shape index (κ3) is 3.71. The molecular weight excluding hydrogens is 353 g/mol. The van der Waals surface area contributed by atoms with Crippen molar-refractivity contribution in [3.05, 3.63) is 58.6 Å². The van der Waals surface area contributed by atoms with Gasteiger partial charge in [-0.2, -0.15) is 0 Å². The van der Waals surface area contributed by atoms with Crippen molar-refractivity contribution in [2.24, 2.45) is 0 Å². The van der Waals surface area contributed by atoms with E-state index < -0.39 is 21.4 Å². The number of hydrogen-bond donors (Lipinski definition) is 0. The lowest BCUT2D eigenvalue weighted by Gasteiger charge is -2.19. The molecule has 0 aliphatic carbocycles. The molecule has 2 rings (SSSR count). The van der Waals surface area contributed by atoms with E-state index in [1.807, 2.05) is 0 Å². The van der Waals surface area contributed by atoms with Crippen molar-refractivity contribution >= 4 is 44.6 Å². The maximum absolute atomic E-state index is 12.4.